The lowest BCUT2D eigenvalue weighted by Gasteiger charge is -2.16. The highest BCUT2D eigenvalue weighted by molar-refractivity contribution is 8.01. The van der Waals surface area contributed by atoms with Crippen LogP contribution in [-0.4, -0.2) is 23.6 Å². The average molecular weight is 237 g/mol. The number of hydrogen-bond donors (Lipinski definition) is 0. The highest BCUT2D eigenvalue weighted by atomic mass is 32.2. The fraction of sp³-hybridized carbons (Fsp3) is 0.417. The zero-order valence-corrected chi connectivity index (χ0v) is 10.3. The summed E-state index contributed by atoms with van der Waals surface area (Å²) in [5.74, 6) is 1.73. The molecule has 1 atom stereocenters. The van der Waals surface area contributed by atoms with Gasteiger partial charge in [-0.15, -0.1) is 11.8 Å². The summed E-state index contributed by atoms with van der Waals surface area (Å²) in [5.41, 5.74) is 0.924. The second-order valence-electron chi connectivity index (χ2n) is 3.63. The van der Waals surface area contributed by atoms with Crippen molar-refractivity contribution in [2.24, 2.45) is 0 Å². The fourth-order valence-electron chi connectivity index (χ4n) is 1.65. The molecule has 0 aliphatic carbocycles. The summed E-state index contributed by atoms with van der Waals surface area (Å²) in [5, 5.41) is 0.0655. The van der Waals surface area contributed by atoms with Crippen LogP contribution in [0.25, 0.3) is 0 Å². The molecule has 0 saturated carbocycles. The molecular formula is C12H15NO2S. The minimum atomic E-state index is 0.0655. The Morgan fingerprint density at radius 2 is 2.38 bits per heavy atom. The Morgan fingerprint density at radius 3 is 3.00 bits per heavy atom. The van der Waals surface area contributed by atoms with Gasteiger partial charge in [-0.2, -0.15) is 0 Å². The number of benzene rings is 1. The van der Waals surface area contributed by atoms with E-state index in [-0.39, 0.29) is 11.2 Å². The number of thioether (sulfide) groups is 1. The van der Waals surface area contributed by atoms with E-state index < -0.39 is 0 Å². The van der Waals surface area contributed by atoms with Crippen molar-refractivity contribution < 1.29 is 9.53 Å². The predicted octanol–water partition coefficient (Wildman–Crippen LogP) is 2.51. The first-order valence-electron chi connectivity index (χ1n) is 5.38. The van der Waals surface area contributed by atoms with Gasteiger partial charge in [-0.25, -0.2) is 0 Å². The van der Waals surface area contributed by atoms with Crippen LogP contribution < -0.4 is 9.64 Å². The van der Waals surface area contributed by atoms with Gasteiger partial charge in [0.05, 0.1) is 17.7 Å². The van der Waals surface area contributed by atoms with E-state index in [2.05, 4.69) is 0 Å². The molecule has 0 spiro atoms. The maximum absolute atomic E-state index is 11.8. The van der Waals surface area contributed by atoms with Crippen molar-refractivity contribution in [3.63, 3.8) is 0 Å². The Bertz CT molecular complexity index is 394. The van der Waals surface area contributed by atoms with Crippen molar-refractivity contribution in [1.82, 2.24) is 0 Å². The van der Waals surface area contributed by atoms with Gasteiger partial charge in [0.15, 0.2) is 0 Å². The smallest absolute Gasteiger partial charge is 0.240 e. The highest BCUT2D eigenvalue weighted by Crippen LogP contribution is 2.30. The lowest BCUT2D eigenvalue weighted by Crippen LogP contribution is -2.27. The van der Waals surface area contributed by atoms with E-state index in [0.29, 0.717) is 6.61 Å². The minimum Gasteiger partial charge on any atom is -0.494 e. The van der Waals surface area contributed by atoms with Crippen molar-refractivity contribution in [3.8, 4) is 5.75 Å². The molecule has 4 heteroatoms. The van der Waals surface area contributed by atoms with Crippen LogP contribution >= 0.6 is 11.8 Å². The van der Waals surface area contributed by atoms with Crippen LogP contribution in [0, 0.1) is 0 Å². The molecule has 1 fully saturated rings. The number of carbonyl (C=O) groups is 1. The molecule has 0 bridgehead atoms. The van der Waals surface area contributed by atoms with E-state index >= 15 is 0 Å². The molecule has 1 aromatic rings. The van der Waals surface area contributed by atoms with Gasteiger partial charge in [-0.3, -0.25) is 4.79 Å². The molecule has 86 valence electrons. The Labute approximate surface area is 99.8 Å². The molecule has 2 rings (SSSR count). The Morgan fingerprint density at radius 1 is 1.56 bits per heavy atom. The molecule has 1 unspecified atom stereocenters. The second kappa shape index (κ2) is 4.78. The third-order valence-electron chi connectivity index (χ3n) is 2.51. The second-order valence-corrected chi connectivity index (χ2v) is 4.93. The van der Waals surface area contributed by atoms with E-state index in [1.165, 1.54) is 0 Å². The first kappa shape index (κ1) is 11.3. The molecule has 16 heavy (non-hydrogen) atoms. The number of anilines is 1. The lowest BCUT2D eigenvalue weighted by atomic mass is 10.2. The SMILES string of the molecule is CCOc1cccc(N2CSC(C)C2=O)c1. The van der Waals surface area contributed by atoms with Gasteiger partial charge in [0, 0.05) is 11.8 Å². The predicted molar refractivity (Wildman–Crippen MR) is 67.0 cm³/mol. The largest absolute Gasteiger partial charge is 0.494 e. The van der Waals surface area contributed by atoms with Gasteiger partial charge >= 0.3 is 0 Å². The summed E-state index contributed by atoms with van der Waals surface area (Å²) in [4.78, 5) is 13.6. The summed E-state index contributed by atoms with van der Waals surface area (Å²) in [7, 11) is 0. The molecule has 1 aliphatic heterocycles. The highest BCUT2D eigenvalue weighted by Gasteiger charge is 2.29. The fourth-order valence-corrected chi connectivity index (χ4v) is 2.57. The Balaban J connectivity index is 2.20. The van der Waals surface area contributed by atoms with Crippen LogP contribution in [0.3, 0.4) is 0 Å². The van der Waals surface area contributed by atoms with Crippen molar-refractivity contribution >= 4 is 23.4 Å². The van der Waals surface area contributed by atoms with E-state index in [4.69, 9.17) is 4.74 Å². The Hall–Kier alpha value is -1.16. The number of ether oxygens (including phenoxy) is 1. The average Bonchev–Trinajstić information content (AvgIpc) is 2.61. The molecule has 0 radical (unpaired) electrons. The van der Waals surface area contributed by atoms with Gasteiger partial charge in [-0.1, -0.05) is 6.07 Å². The van der Waals surface area contributed by atoms with Crippen LogP contribution in [0.2, 0.25) is 0 Å². The molecule has 3 nitrogen and oxygen atoms in total. The van der Waals surface area contributed by atoms with Crippen molar-refractivity contribution in [2.75, 3.05) is 17.4 Å². The first-order chi connectivity index (χ1) is 7.72. The van der Waals surface area contributed by atoms with Crippen molar-refractivity contribution in [1.29, 1.82) is 0 Å². The van der Waals surface area contributed by atoms with Crippen LogP contribution in [0.15, 0.2) is 24.3 Å². The zero-order chi connectivity index (χ0) is 11.5. The van der Waals surface area contributed by atoms with Crippen LogP contribution in [0.1, 0.15) is 13.8 Å². The van der Waals surface area contributed by atoms with Crippen LogP contribution in [0.5, 0.6) is 5.75 Å². The Kier molecular flexibility index (Phi) is 3.39. The zero-order valence-electron chi connectivity index (χ0n) is 9.47. The quantitative estimate of drug-likeness (QED) is 0.809. The number of amides is 1. The summed E-state index contributed by atoms with van der Waals surface area (Å²) in [6.07, 6.45) is 0. The van der Waals surface area contributed by atoms with Crippen LogP contribution in [0.4, 0.5) is 5.69 Å². The number of rotatable bonds is 3. The number of nitrogens with zero attached hydrogens (tertiary/aromatic N) is 1. The normalized spacial score (nSPS) is 20.2. The third-order valence-corrected chi connectivity index (χ3v) is 3.62. The molecule has 1 heterocycles. The number of carbonyl (C=O) groups excluding carboxylic acids is 1. The van der Waals surface area contributed by atoms with Gasteiger partial charge < -0.3 is 9.64 Å². The summed E-state index contributed by atoms with van der Waals surface area (Å²) in [6, 6.07) is 7.68. The third kappa shape index (κ3) is 2.16. The minimum absolute atomic E-state index is 0.0655. The molecule has 1 amide bonds. The van der Waals surface area contributed by atoms with Crippen molar-refractivity contribution in [3.05, 3.63) is 24.3 Å². The topological polar surface area (TPSA) is 29.5 Å². The molecule has 1 aromatic carbocycles. The van der Waals surface area contributed by atoms with E-state index in [1.54, 1.807) is 16.7 Å². The van der Waals surface area contributed by atoms with Crippen LogP contribution in [-0.2, 0) is 4.79 Å². The van der Waals surface area contributed by atoms with Crippen molar-refractivity contribution in [2.45, 2.75) is 19.1 Å². The summed E-state index contributed by atoms with van der Waals surface area (Å²) < 4.78 is 5.42. The molecule has 1 aliphatic rings. The van der Waals surface area contributed by atoms with Gasteiger partial charge in [-0.05, 0) is 26.0 Å². The molecular weight excluding hydrogens is 222 g/mol. The van der Waals surface area contributed by atoms with Gasteiger partial charge in [0.25, 0.3) is 0 Å². The van der Waals surface area contributed by atoms with Gasteiger partial charge in [0.2, 0.25) is 5.91 Å². The monoisotopic (exact) mass is 237 g/mol. The molecule has 1 saturated heterocycles. The maximum atomic E-state index is 11.8. The standard InChI is InChI=1S/C12H15NO2S/c1-3-15-11-6-4-5-10(7-11)13-8-16-9(2)12(13)14/h4-7,9H,3,8H2,1-2H3. The van der Waals surface area contributed by atoms with Gasteiger partial charge in [0.1, 0.15) is 5.75 Å². The molecule has 0 N–H and O–H groups in total. The summed E-state index contributed by atoms with van der Waals surface area (Å²) >= 11 is 1.66. The maximum Gasteiger partial charge on any atom is 0.240 e. The lowest BCUT2D eigenvalue weighted by molar-refractivity contribution is -0.117. The number of hydrogen-bond acceptors (Lipinski definition) is 3. The van der Waals surface area contributed by atoms with E-state index in [0.717, 1.165) is 17.3 Å². The first-order valence-corrected chi connectivity index (χ1v) is 6.43. The van der Waals surface area contributed by atoms with E-state index in [1.807, 2.05) is 38.1 Å². The summed E-state index contributed by atoms with van der Waals surface area (Å²) in [6.45, 7) is 4.54. The molecule has 0 aromatic heterocycles. The van der Waals surface area contributed by atoms with E-state index in [9.17, 15) is 4.79 Å².